The van der Waals surface area contributed by atoms with E-state index in [1.807, 2.05) is 36.9 Å². The van der Waals surface area contributed by atoms with Crippen LogP contribution >= 0.6 is 0 Å². The minimum absolute atomic E-state index is 0.907. The Labute approximate surface area is 160 Å². The Balaban J connectivity index is 1.59. The number of benzene rings is 2. The molecule has 0 N–H and O–H groups in total. The van der Waals surface area contributed by atoms with Gasteiger partial charge in [0.15, 0.2) is 0 Å². The first kappa shape index (κ1) is 15.2. The second-order valence-corrected chi connectivity index (χ2v) is 6.89. The van der Waals surface area contributed by atoms with E-state index in [9.17, 15) is 0 Å². The van der Waals surface area contributed by atoms with Crippen LogP contribution in [0.15, 0.2) is 85.6 Å². The monoisotopic (exact) mass is 358 g/mol. The summed E-state index contributed by atoms with van der Waals surface area (Å²) in [4.78, 5) is 18.2. The summed E-state index contributed by atoms with van der Waals surface area (Å²) in [6.45, 7) is 0. The average molecular weight is 358 g/mol. The molecule has 6 rings (SSSR count). The van der Waals surface area contributed by atoms with Crippen molar-refractivity contribution in [1.82, 2.24) is 19.9 Å². The van der Waals surface area contributed by atoms with Gasteiger partial charge in [-0.15, -0.1) is 0 Å². The van der Waals surface area contributed by atoms with Crippen LogP contribution in [0, 0.1) is 0 Å². The molecular formula is C24H14N4. The molecule has 6 aromatic rings. The van der Waals surface area contributed by atoms with E-state index in [-0.39, 0.29) is 0 Å². The van der Waals surface area contributed by atoms with Gasteiger partial charge in [-0.25, -0.2) is 4.98 Å². The fourth-order valence-electron chi connectivity index (χ4n) is 3.81. The zero-order chi connectivity index (χ0) is 18.5. The largest absolute Gasteiger partial charge is 0.264 e. The van der Waals surface area contributed by atoms with E-state index in [1.165, 1.54) is 0 Å². The molecule has 0 aliphatic rings. The SMILES string of the molecule is c1cc2ccc3cc(-c4ccc5ccc6ccncc6c5n4)cnc3c2cn1. The third-order valence-electron chi connectivity index (χ3n) is 5.24. The molecule has 130 valence electrons. The predicted molar refractivity (Wildman–Crippen MR) is 113 cm³/mol. The van der Waals surface area contributed by atoms with Crippen molar-refractivity contribution in [2.45, 2.75) is 0 Å². The first-order valence-corrected chi connectivity index (χ1v) is 9.13. The van der Waals surface area contributed by atoms with Gasteiger partial charge in [-0.05, 0) is 35.0 Å². The van der Waals surface area contributed by atoms with Crippen molar-refractivity contribution >= 4 is 43.4 Å². The number of rotatable bonds is 1. The molecule has 4 heterocycles. The first-order chi connectivity index (χ1) is 13.9. The molecule has 0 saturated heterocycles. The zero-order valence-corrected chi connectivity index (χ0v) is 14.9. The summed E-state index contributed by atoms with van der Waals surface area (Å²) in [5, 5.41) is 6.60. The molecule has 0 saturated carbocycles. The van der Waals surface area contributed by atoms with Crippen LogP contribution in [0.25, 0.3) is 54.6 Å². The molecule has 4 nitrogen and oxygen atoms in total. The normalized spacial score (nSPS) is 11.6. The Bertz CT molecular complexity index is 1520. The number of aromatic nitrogens is 4. The molecule has 4 aromatic heterocycles. The Morgan fingerprint density at radius 1 is 0.536 bits per heavy atom. The lowest BCUT2D eigenvalue weighted by Gasteiger charge is -2.08. The van der Waals surface area contributed by atoms with Crippen LogP contribution in [0.1, 0.15) is 0 Å². The van der Waals surface area contributed by atoms with Crippen LogP contribution < -0.4 is 0 Å². The van der Waals surface area contributed by atoms with Gasteiger partial charge in [0.2, 0.25) is 0 Å². The van der Waals surface area contributed by atoms with Gasteiger partial charge in [0.05, 0.1) is 16.7 Å². The van der Waals surface area contributed by atoms with Gasteiger partial charge in [-0.1, -0.05) is 30.3 Å². The second kappa shape index (κ2) is 5.79. The number of pyridine rings is 4. The second-order valence-electron chi connectivity index (χ2n) is 6.89. The van der Waals surface area contributed by atoms with Crippen molar-refractivity contribution in [3.8, 4) is 11.3 Å². The third-order valence-corrected chi connectivity index (χ3v) is 5.24. The summed E-state index contributed by atoms with van der Waals surface area (Å²) < 4.78 is 0. The van der Waals surface area contributed by atoms with Gasteiger partial charge in [0.25, 0.3) is 0 Å². The van der Waals surface area contributed by atoms with Crippen molar-refractivity contribution in [3.05, 3.63) is 85.6 Å². The number of hydrogen-bond donors (Lipinski definition) is 0. The summed E-state index contributed by atoms with van der Waals surface area (Å²) >= 11 is 0. The molecule has 2 aromatic carbocycles. The maximum atomic E-state index is 4.95. The standard InChI is InChI=1S/C24H14N4/c1-3-17-5-6-22(28-24(17)21-14-26-10-8-16(1)21)19-11-18-4-2-15-7-9-25-13-20(15)23(18)27-12-19/h1-14H. The van der Waals surface area contributed by atoms with Crippen LogP contribution in [0.5, 0.6) is 0 Å². The maximum absolute atomic E-state index is 4.95. The molecule has 4 heteroatoms. The molecule has 0 bridgehead atoms. The van der Waals surface area contributed by atoms with Gasteiger partial charge in [0.1, 0.15) is 0 Å². The van der Waals surface area contributed by atoms with Crippen LogP contribution in [-0.2, 0) is 0 Å². The van der Waals surface area contributed by atoms with Crippen LogP contribution in [-0.4, -0.2) is 19.9 Å². The molecule has 0 aliphatic carbocycles. The quantitative estimate of drug-likeness (QED) is 0.362. The van der Waals surface area contributed by atoms with Crippen LogP contribution in [0.2, 0.25) is 0 Å². The van der Waals surface area contributed by atoms with E-state index >= 15 is 0 Å². The number of hydrogen-bond acceptors (Lipinski definition) is 4. The molecular weight excluding hydrogens is 344 g/mol. The van der Waals surface area contributed by atoms with E-state index in [4.69, 9.17) is 9.97 Å². The molecule has 28 heavy (non-hydrogen) atoms. The molecule has 0 aliphatic heterocycles. The van der Waals surface area contributed by atoms with Crippen molar-refractivity contribution in [1.29, 1.82) is 0 Å². The minimum atomic E-state index is 0.907. The fourth-order valence-corrected chi connectivity index (χ4v) is 3.81. The highest BCUT2D eigenvalue weighted by Gasteiger charge is 2.08. The highest BCUT2D eigenvalue weighted by atomic mass is 14.7. The van der Waals surface area contributed by atoms with E-state index < -0.39 is 0 Å². The molecule has 0 atom stereocenters. The van der Waals surface area contributed by atoms with Crippen LogP contribution in [0.4, 0.5) is 0 Å². The topological polar surface area (TPSA) is 51.6 Å². The summed E-state index contributed by atoms with van der Waals surface area (Å²) in [5.74, 6) is 0. The summed E-state index contributed by atoms with van der Waals surface area (Å²) in [5.41, 5.74) is 3.83. The lowest BCUT2D eigenvalue weighted by molar-refractivity contribution is 1.34. The Morgan fingerprint density at radius 3 is 1.96 bits per heavy atom. The van der Waals surface area contributed by atoms with Gasteiger partial charge in [-0.3, -0.25) is 15.0 Å². The molecule has 0 fully saturated rings. The van der Waals surface area contributed by atoms with E-state index in [0.717, 1.165) is 54.6 Å². The highest BCUT2D eigenvalue weighted by Crippen LogP contribution is 2.29. The summed E-state index contributed by atoms with van der Waals surface area (Å²) in [6.07, 6.45) is 9.27. The first-order valence-electron chi connectivity index (χ1n) is 9.13. The van der Waals surface area contributed by atoms with Crippen molar-refractivity contribution in [2.75, 3.05) is 0 Å². The van der Waals surface area contributed by atoms with Gasteiger partial charge in [0, 0.05) is 58.1 Å². The van der Waals surface area contributed by atoms with E-state index in [2.05, 4.69) is 52.4 Å². The fraction of sp³-hybridized carbons (Fsp3) is 0. The lowest BCUT2D eigenvalue weighted by atomic mass is 10.0. The molecule has 0 radical (unpaired) electrons. The smallest absolute Gasteiger partial charge is 0.0803 e. The lowest BCUT2D eigenvalue weighted by Crippen LogP contribution is -1.90. The number of nitrogens with zero attached hydrogens (tertiary/aromatic N) is 4. The van der Waals surface area contributed by atoms with Crippen molar-refractivity contribution in [3.63, 3.8) is 0 Å². The maximum Gasteiger partial charge on any atom is 0.0803 e. The third kappa shape index (κ3) is 2.25. The molecule has 0 spiro atoms. The predicted octanol–water partition coefficient (Wildman–Crippen LogP) is 5.55. The van der Waals surface area contributed by atoms with Crippen LogP contribution in [0.3, 0.4) is 0 Å². The Morgan fingerprint density at radius 2 is 1.18 bits per heavy atom. The molecule has 0 amide bonds. The minimum Gasteiger partial charge on any atom is -0.264 e. The van der Waals surface area contributed by atoms with Crippen molar-refractivity contribution in [2.24, 2.45) is 0 Å². The summed E-state index contributed by atoms with van der Waals surface area (Å²) in [6, 6.07) is 18.8. The Hall–Kier alpha value is -3.92. The zero-order valence-electron chi connectivity index (χ0n) is 14.9. The average Bonchev–Trinajstić information content (AvgIpc) is 2.78. The highest BCUT2D eigenvalue weighted by molar-refractivity contribution is 6.07. The van der Waals surface area contributed by atoms with Gasteiger partial charge >= 0.3 is 0 Å². The van der Waals surface area contributed by atoms with Crippen molar-refractivity contribution < 1.29 is 0 Å². The van der Waals surface area contributed by atoms with E-state index in [1.54, 1.807) is 6.20 Å². The Kier molecular flexibility index (Phi) is 3.14. The van der Waals surface area contributed by atoms with Gasteiger partial charge in [-0.2, -0.15) is 0 Å². The molecule has 0 unspecified atom stereocenters. The summed E-state index contributed by atoms with van der Waals surface area (Å²) in [7, 11) is 0. The van der Waals surface area contributed by atoms with E-state index in [0.29, 0.717) is 0 Å². The van der Waals surface area contributed by atoms with Gasteiger partial charge < -0.3 is 0 Å². The number of fused-ring (bicyclic) bond motifs is 6.